The SMILES string of the molecule is CCCCCCCCCCCCOc1ccc(S(=O)(=O)N(C/C=C/CN(C(=O)OC(C)(C)C)S(=O)(=O)c2ccc(OCCCCCCCCCCCC)c(OCCCCCCCCCCCC)c2)C(=O)OC(C)(C)C)cc1OCCCCCCCCCCCC. The van der Waals surface area contributed by atoms with Crippen LogP contribution in [-0.2, 0) is 29.5 Å². The molecule has 0 atom stereocenters. The Morgan fingerprint density at radius 1 is 0.333 bits per heavy atom. The van der Waals surface area contributed by atoms with Crippen molar-refractivity contribution in [1.29, 1.82) is 0 Å². The molecule has 2 rings (SSSR count). The summed E-state index contributed by atoms with van der Waals surface area (Å²) in [4.78, 5) is 27.6. The zero-order valence-corrected chi connectivity index (χ0v) is 60.4. The second-order valence-electron chi connectivity index (χ2n) is 26.8. The van der Waals surface area contributed by atoms with Crippen LogP contribution in [0, 0.1) is 0 Å². The van der Waals surface area contributed by atoms with E-state index in [0.29, 0.717) is 46.5 Å². The van der Waals surface area contributed by atoms with Crippen LogP contribution in [0.25, 0.3) is 0 Å². The van der Waals surface area contributed by atoms with Crippen LogP contribution in [-0.4, -0.2) is 88.4 Å². The predicted molar refractivity (Wildman–Crippen MR) is 372 cm³/mol. The lowest BCUT2D eigenvalue weighted by Crippen LogP contribution is -2.41. The van der Waals surface area contributed by atoms with E-state index in [1.54, 1.807) is 53.7 Å². The van der Waals surface area contributed by atoms with Crippen LogP contribution in [0.5, 0.6) is 23.0 Å². The van der Waals surface area contributed by atoms with Crippen LogP contribution in [0.4, 0.5) is 9.59 Å². The average Bonchev–Trinajstić information content (AvgIpc) is 1.12. The Morgan fingerprint density at radius 2 is 0.544 bits per heavy atom. The maximum absolute atomic E-state index is 14.8. The summed E-state index contributed by atoms with van der Waals surface area (Å²) in [7, 11) is -9.30. The third-order valence-electron chi connectivity index (χ3n) is 15.9. The molecule has 520 valence electrons. The second kappa shape index (κ2) is 49.4. The number of rotatable bonds is 56. The van der Waals surface area contributed by atoms with Crippen molar-refractivity contribution in [3.8, 4) is 23.0 Å². The molecule has 0 fully saturated rings. The molecule has 0 saturated heterocycles. The first-order chi connectivity index (χ1) is 43.2. The van der Waals surface area contributed by atoms with Gasteiger partial charge in [-0.25, -0.2) is 26.4 Å². The molecular formula is C74H130N2O12S2. The molecule has 0 heterocycles. The lowest BCUT2D eigenvalue weighted by atomic mass is 10.1. The van der Waals surface area contributed by atoms with E-state index in [0.717, 1.165) is 89.9 Å². The maximum atomic E-state index is 14.8. The van der Waals surface area contributed by atoms with Crippen LogP contribution in [0.15, 0.2) is 58.3 Å². The Kier molecular flexibility index (Phi) is 45.0. The first kappa shape index (κ1) is 81.9. The lowest BCUT2D eigenvalue weighted by Gasteiger charge is -2.27. The first-order valence-corrected chi connectivity index (χ1v) is 39.1. The number of hydrogen-bond acceptors (Lipinski definition) is 12. The van der Waals surface area contributed by atoms with E-state index < -0.39 is 56.5 Å². The molecule has 0 aliphatic rings. The van der Waals surface area contributed by atoms with Gasteiger partial charge in [-0.1, -0.05) is 271 Å². The van der Waals surface area contributed by atoms with Gasteiger partial charge < -0.3 is 28.4 Å². The number of ether oxygens (including phenoxy) is 6. The van der Waals surface area contributed by atoms with E-state index in [1.807, 2.05) is 0 Å². The summed E-state index contributed by atoms with van der Waals surface area (Å²) < 4.78 is 96.9. The molecule has 16 heteroatoms. The van der Waals surface area contributed by atoms with Crippen molar-refractivity contribution in [2.45, 2.75) is 347 Å². The topological polar surface area (TPSA) is 164 Å². The maximum Gasteiger partial charge on any atom is 0.424 e. The van der Waals surface area contributed by atoms with Gasteiger partial charge in [0.1, 0.15) is 11.2 Å². The van der Waals surface area contributed by atoms with Crippen molar-refractivity contribution < 1.29 is 54.8 Å². The minimum Gasteiger partial charge on any atom is -0.490 e. The Balaban J connectivity index is 2.43. The third kappa shape index (κ3) is 38.1. The molecule has 90 heavy (non-hydrogen) atoms. The van der Waals surface area contributed by atoms with E-state index in [4.69, 9.17) is 28.4 Å². The van der Waals surface area contributed by atoms with Crippen molar-refractivity contribution in [1.82, 2.24) is 8.61 Å². The Bertz CT molecular complexity index is 2250. The van der Waals surface area contributed by atoms with Gasteiger partial charge in [-0.3, -0.25) is 0 Å². The average molecular weight is 1300 g/mol. The van der Waals surface area contributed by atoms with Crippen LogP contribution in [0.1, 0.15) is 326 Å². The van der Waals surface area contributed by atoms with Crippen molar-refractivity contribution >= 4 is 32.2 Å². The number of nitrogens with zero attached hydrogens (tertiary/aromatic N) is 2. The Hall–Kier alpha value is -4.18. The summed E-state index contributed by atoms with van der Waals surface area (Å²) >= 11 is 0. The number of carbonyl (C=O) groups is 2. The molecule has 0 N–H and O–H groups in total. The fraction of sp³-hybridized carbons (Fsp3) is 0.784. The molecule has 14 nitrogen and oxygen atoms in total. The number of unbranched alkanes of at least 4 members (excludes halogenated alkanes) is 36. The highest BCUT2D eigenvalue weighted by Crippen LogP contribution is 2.35. The van der Waals surface area contributed by atoms with Crippen molar-refractivity contribution in [3.63, 3.8) is 0 Å². The molecule has 0 aromatic heterocycles. The van der Waals surface area contributed by atoms with Crippen LogP contribution in [0.2, 0.25) is 0 Å². The zero-order valence-electron chi connectivity index (χ0n) is 58.8. The molecule has 0 unspecified atom stereocenters. The highest BCUT2D eigenvalue weighted by Gasteiger charge is 2.35. The smallest absolute Gasteiger partial charge is 0.424 e. The van der Waals surface area contributed by atoms with Gasteiger partial charge >= 0.3 is 12.2 Å². The molecule has 0 aliphatic carbocycles. The van der Waals surface area contributed by atoms with Gasteiger partial charge in [-0.05, 0) is 91.5 Å². The summed E-state index contributed by atoms with van der Waals surface area (Å²) in [6, 6.07) is 8.77. The Labute approximate surface area is 550 Å². The van der Waals surface area contributed by atoms with Gasteiger partial charge in [0.15, 0.2) is 23.0 Å². The molecule has 0 saturated carbocycles. The first-order valence-electron chi connectivity index (χ1n) is 36.2. The second-order valence-corrected chi connectivity index (χ2v) is 30.6. The van der Waals surface area contributed by atoms with Crippen molar-refractivity contribution in [3.05, 3.63) is 48.6 Å². The summed E-state index contributed by atoms with van der Waals surface area (Å²) in [5.41, 5.74) is -2.15. The number of hydrogen-bond donors (Lipinski definition) is 0. The van der Waals surface area contributed by atoms with Gasteiger partial charge in [0.05, 0.1) is 49.3 Å². The van der Waals surface area contributed by atoms with Gasteiger partial charge in [-0.2, -0.15) is 8.61 Å². The van der Waals surface area contributed by atoms with Gasteiger partial charge in [0, 0.05) is 12.1 Å². The van der Waals surface area contributed by atoms with Crippen molar-refractivity contribution in [2.24, 2.45) is 0 Å². The fourth-order valence-electron chi connectivity index (χ4n) is 10.6. The molecule has 2 aromatic rings. The van der Waals surface area contributed by atoms with Crippen LogP contribution < -0.4 is 18.9 Å². The minimum atomic E-state index is -4.65. The van der Waals surface area contributed by atoms with E-state index in [-0.39, 0.29) is 21.3 Å². The lowest BCUT2D eigenvalue weighted by molar-refractivity contribution is 0.0387. The van der Waals surface area contributed by atoms with Gasteiger partial charge in [0.2, 0.25) is 0 Å². The molecule has 0 aliphatic heterocycles. The molecule has 2 aromatic carbocycles. The number of carbonyl (C=O) groups excluding carboxylic acids is 2. The summed E-state index contributed by atoms with van der Waals surface area (Å²) in [6.07, 6.45) is 47.2. The summed E-state index contributed by atoms with van der Waals surface area (Å²) in [5, 5.41) is 0. The van der Waals surface area contributed by atoms with Crippen LogP contribution >= 0.6 is 0 Å². The van der Waals surface area contributed by atoms with Gasteiger partial charge in [-0.15, -0.1) is 0 Å². The molecule has 0 radical (unpaired) electrons. The largest absolute Gasteiger partial charge is 0.490 e. The Morgan fingerprint density at radius 3 is 0.767 bits per heavy atom. The quantitative estimate of drug-likeness (QED) is 0.0455. The fourth-order valence-corrected chi connectivity index (χ4v) is 13.1. The van der Waals surface area contributed by atoms with Crippen molar-refractivity contribution in [2.75, 3.05) is 39.5 Å². The molecule has 2 amide bonds. The molecular weight excluding hydrogens is 1170 g/mol. The van der Waals surface area contributed by atoms with E-state index in [9.17, 15) is 26.4 Å². The zero-order chi connectivity index (χ0) is 66.2. The standard InChI is InChI=1S/C74H130N2O12S2/c1-11-15-19-23-27-31-35-39-43-49-59-83-67-55-53-65(63-69(67)85-61-51-45-41-37-33-29-25-21-17-13-3)89(79,80)75(71(77)87-73(5,6)7)57-47-48-58-76(72(78)88-74(8,9)10)90(81,82)66-54-56-68(84-60-50-44-40-36-32-28-24-20-16-12-2)70(64-66)86-62-52-46-42-38-34-30-26-22-18-14-4/h47-48,53-56,63-64H,11-46,49-52,57-62H2,1-10H3/b48-47+. The van der Waals surface area contributed by atoms with Crippen LogP contribution in [0.3, 0.4) is 0 Å². The molecule has 0 spiro atoms. The number of sulfonamides is 2. The third-order valence-corrected chi connectivity index (χ3v) is 19.4. The highest BCUT2D eigenvalue weighted by atomic mass is 32.2. The summed E-state index contributed by atoms with van der Waals surface area (Å²) in [5.74, 6) is 1.36. The minimum absolute atomic E-state index is 0.216. The number of amides is 2. The predicted octanol–water partition coefficient (Wildman–Crippen LogP) is 22.0. The monoisotopic (exact) mass is 1300 g/mol. The van der Waals surface area contributed by atoms with E-state index >= 15 is 0 Å². The van der Waals surface area contributed by atoms with E-state index in [2.05, 4.69) is 27.7 Å². The summed E-state index contributed by atoms with van der Waals surface area (Å²) in [6.45, 7) is 19.2. The van der Waals surface area contributed by atoms with E-state index in [1.165, 1.54) is 203 Å². The molecule has 0 bridgehead atoms. The number of benzene rings is 2. The van der Waals surface area contributed by atoms with Gasteiger partial charge in [0.25, 0.3) is 20.0 Å². The normalized spacial score (nSPS) is 12.2. The highest BCUT2D eigenvalue weighted by molar-refractivity contribution is 7.90.